The normalized spacial score (nSPS) is 14.3. The summed E-state index contributed by atoms with van der Waals surface area (Å²) in [4.78, 5) is 0. The predicted octanol–water partition coefficient (Wildman–Crippen LogP) is 5.20. The Morgan fingerprint density at radius 2 is 2.06 bits per heavy atom. The predicted molar refractivity (Wildman–Crippen MR) is 76.1 cm³/mol. The lowest BCUT2D eigenvalue weighted by molar-refractivity contribution is 0.549. The van der Waals surface area contributed by atoms with Crippen molar-refractivity contribution in [1.82, 2.24) is 0 Å². The Labute approximate surface area is 110 Å². The molecule has 1 nitrogen and oxygen atoms in total. The van der Waals surface area contributed by atoms with E-state index in [9.17, 15) is 0 Å². The Kier molecular flexibility index (Phi) is 2.06. The van der Waals surface area contributed by atoms with Crippen molar-refractivity contribution in [3.63, 3.8) is 0 Å². The lowest BCUT2D eigenvalue weighted by Gasteiger charge is -2.01. The second kappa shape index (κ2) is 3.63. The maximum absolute atomic E-state index is 6.32. The summed E-state index contributed by atoms with van der Waals surface area (Å²) in [6, 6.07) is 10.2. The number of benzene rings is 2. The summed E-state index contributed by atoms with van der Waals surface area (Å²) >= 11 is 6.32. The third kappa shape index (κ3) is 1.28. The zero-order valence-electron chi connectivity index (χ0n) is 9.74. The lowest BCUT2D eigenvalue weighted by atomic mass is 10.0. The molecule has 1 aliphatic carbocycles. The van der Waals surface area contributed by atoms with E-state index in [1.165, 1.54) is 10.9 Å². The van der Waals surface area contributed by atoms with E-state index in [1.807, 2.05) is 12.1 Å². The van der Waals surface area contributed by atoms with Crippen molar-refractivity contribution in [2.45, 2.75) is 12.8 Å². The fraction of sp³-hybridized carbons (Fsp3) is 0.125. The minimum absolute atomic E-state index is 0.758. The van der Waals surface area contributed by atoms with Gasteiger partial charge in [-0.3, -0.25) is 0 Å². The average Bonchev–Trinajstić information content (AvgIpc) is 2.77. The molecule has 0 saturated heterocycles. The van der Waals surface area contributed by atoms with Gasteiger partial charge in [0.05, 0.1) is 5.02 Å². The van der Waals surface area contributed by atoms with Crippen molar-refractivity contribution in [3.8, 4) is 0 Å². The van der Waals surface area contributed by atoms with E-state index in [2.05, 4.69) is 30.4 Å². The first kappa shape index (κ1) is 10.2. The molecule has 0 unspecified atom stereocenters. The summed E-state index contributed by atoms with van der Waals surface area (Å²) in [5.74, 6) is 1.08. The first-order valence-electron chi connectivity index (χ1n) is 6.14. The van der Waals surface area contributed by atoms with Gasteiger partial charge in [0, 0.05) is 22.8 Å². The van der Waals surface area contributed by atoms with Crippen LogP contribution in [0.2, 0.25) is 5.02 Å². The summed E-state index contributed by atoms with van der Waals surface area (Å²) in [7, 11) is 0. The van der Waals surface area contributed by atoms with Crippen LogP contribution in [0.25, 0.3) is 27.8 Å². The van der Waals surface area contributed by atoms with Gasteiger partial charge in [-0.25, -0.2) is 0 Å². The van der Waals surface area contributed by atoms with E-state index in [-0.39, 0.29) is 0 Å². The minimum Gasteiger partial charge on any atom is -0.460 e. The highest BCUT2D eigenvalue weighted by molar-refractivity contribution is 6.37. The van der Waals surface area contributed by atoms with Crippen molar-refractivity contribution in [1.29, 1.82) is 0 Å². The molecule has 0 atom stereocenters. The van der Waals surface area contributed by atoms with Gasteiger partial charge in [0.2, 0.25) is 0 Å². The van der Waals surface area contributed by atoms with Crippen molar-refractivity contribution < 1.29 is 4.42 Å². The molecule has 2 heteroatoms. The van der Waals surface area contributed by atoms with E-state index < -0.39 is 0 Å². The molecular formula is C16H11ClO. The monoisotopic (exact) mass is 254 g/mol. The van der Waals surface area contributed by atoms with E-state index in [0.717, 1.165) is 40.0 Å². The van der Waals surface area contributed by atoms with Crippen LogP contribution in [0, 0.1) is 0 Å². The van der Waals surface area contributed by atoms with E-state index in [4.69, 9.17) is 16.0 Å². The maximum Gasteiger partial charge on any atom is 0.144 e. The second-order valence-electron chi connectivity index (χ2n) is 4.66. The molecule has 1 heterocycles. The summed E-state index contributed by atoms with van der Waals surface area (Å²) in [5.41, 5.74) is 2.15. The van der Waals surface area contributed by atoms with Gasteiger partial charge in [0.25, 0.3) is 0 Å². The summed E-state index contributed by atoms with van der Waals surface area (Å²) in [6.45, 7) is 0. The molecular weight excluding hydrogens is 244 g/mol. The number of fused-ring (bicyclic) bond motifs is 5. The highest BCUT2D eigenvalue weighted by atomic mass is 35.5. The molecule has 2 aromatic carbocycles. The zero-order valence-corrected chi connectivity index (χ0v) is 10.5. The third-order valence-corrected chi connectivity index (χ3v) is 3.90. The molecule has 18 heavy (non-hydrogen) atoms. The fourth-order valence-electron chi connectivity index (χ4n) is 2.73. The molecule has 0 aliphatic heterocycles. The Balaban J connectivity index is 2.23. The van der Waals surface area contributed by atoms with Gasteiger partial charge < -0.3 is 4.42 Å². The minimum atomic E-state index is 0.758. The standard InChI is InChI=1S/C16H11ClO/c17-13-6-3-4-10-8-9-12-11-5-1-2-7-14(11)18-16(12)15(10)13/h1,3-6,8-9H,2,7H2. The smallest absolute Gasteiger partial charge is 0.144 e. The Bertz CT molecular complexity index is 796. The number of halogens is 1. The van der Waals surface area contributed by atoms with Crippen LogP contribution in [0.3, 0.4) is 0 Å². The molecule has 0 N–H and O–H groups in total. The largest absolute Gasteiger partial charge is 0.460 e. The zero-order chi connectivity index (χ0) is 12.1. The second-order valence-corrected chi connectivity index (χ2v) is 5.07. The van der Waals surface area contributed by atoms with Crippen LogP contribution in [0.1, 0.15) is 17.7 Å². The van der Waals surface area contributed by atoms with Gasteiger partial charge in [-0.1, -0.05) is 42.0 Å². The number of allylic oxidation sites excluding steroid dienone is 1. The number of aryl methyl sites for hydroxylation is 1. The van der Waals surface area contributed by atoms with Crippen LogP contribution in [-0.2, 0) is 6.42 Å². The molecule has 88 valence electrons. The average molecular weight is 255 g/mol. The molecule has 0 fully saturated rings. The van der Waals surface area contributed by atoms with Crippen LogP contribution in [-0.4, -0.2) is 0 Å². The lowest BCUT2D eigenvalue weighted by Crippen LogP contribution is -1.87. The summed E-state index contributed by atoms with van der Waals surface area (Å²) < 4.78 is 6.05. The van der Waals surface area contributed by atoms with Gasteiger partial charge in [-0.15, -0.1) is 0 Å². The number of rotatable bonds is 0. The van der Waals surface area contributed by atoms with E-state index in [1.54, 1.807) is 0 Å². The van der Waals surface area contributed by atoms with Crippen molar-refractivity contribution in [2.24, 2.45) is 0 Å². The molecule has 0 amide bonds. The van der Waals surface area contributed by atoms with Gasteiger partial charge in [0.1, 0.15) is 11.3 Å². The van der Waals surface area contributed by atoms with Crippen molar-refractivity contribution in [3.05, 3.63) is 52.8 Å². The Morgan fingerprint density at radius 3 is 3.00 bits per heavy atom. The SMILES string of the molecule is Clc1cccc2ccc3c4c(oc3c12)CCC=C4. The first-order chi connectivity index (χ1) is 8.84. The van der Waals surface area contributed by atoms with E-state index in [0.29, 0.717) is 0 Å². The third-order valence-electron chi connectivity index (χ3n) is 3.59. The van der Waals surface area contributed by atoms with Crippen LogP contribution in [0.5, 0.6) is 0 Å². The van der Waals surface area contributed by atoms with Crippen LogP contribution in [0.4, 0.5) is 0 Å². The maximum atomic E-state index is 6.32. The van der Waals surface area contributed by atoms with Crippen molar-refractivity contribution >= 4 is 39.4 Å². The molecule has 0 bridgehead atoms. The topological polar surface area (TPSA) is 13.1 Å². The van der Waals surface area contributed by atoms with E-state index >= 15 is 0 Å². The van der Waals surface area contributed by atoms with Gasteiger partial charge in [0.15, 0.2) is 0 Å². The molecule has 4 rings (SSSR count). The highest BCUT2D eigenvalue weighted by Crippen LogP contribution is 2.37. The molecule has 0 radical (unpaired) electrons. The van der Waals surface area contributed by atoms with Gasteiger partial charge >= 0.3 is 0 Å². The Hall–Kier alpha value is -1.73. The van der Waals surface area contributed by atoms with Crippen molar-refractivity contribution in [2.75, 3.05) is 0 Å². The molecule has 1 aromatic heterocycles. The van der Waals surface area contributed by atoms with Crippen LogP contribution >= 0.6 is 11.6 Å². The fourth-order valence-corrected chi connectivity index (χ4v) is 3.00. The Morgan fingerprint density at radius 1 is 1.11 bits per heavy atom. The molecule has 1 aliphatic rings. The highest BCUT2D eigenvalue weighted by Gasteiger charge is 2.17. The molecule has 3 aromatic rings. The molecule has 0 saturated carbocycles. The van der Waals surface area contributed by atoms with Gasteiger partial charge in [-0.2, -0.15) is 0 Å². The van der Waals surface area contributed by atoms with Crippen LogP contribution in [0.15, 0.2) is 40.8 Å². The summed E-state index contributed by atoms with van der Waals surface area (Å²) in [6.07, 6.45) is 6.40. The molecule has 0 spiro atoms. The number of hydrogen-bond donors (Lipinski definition) is 0. The van der Waals surface area contributed by atoms with Gasteiger partial charge in [-0.05, 0) is 23.9 Å². The number of furan rings is 1. The van der Waals surface area contributed by atoms with Crippen LogP contribution < -0.4 is 0 Å². The first-order valence-corrected chi connectivity index (χ1v) is 6.51. The summed E-state index contributed by atoms with van der Waals surface area (Å²) in [5, 5.41) is 4.08. The number of hydrogen-bond acceptors (Lipinski definition) is 1. The quantitative estimate of drug-likeness (QED) is 0.537.